The highest BCUT2D eigenvalue weighted by molar-refractivity contribution is 7.09. The highest BCUT2D eigenvalue weighted by atomic mass is 32.1. The van der Waals surface area contributed by atoms with Gasteiger partial charge in [0.2, 0.25) is 0 Å². The molecule has 124 valence electrons. The molecule has 0 radical (unpaired) electrons. The SMILES string of the molecule is CC(c1cccnc1)N(C)Cc1csc(COc2ccccc2)n1. The van der Waals surface area contributed by atoms with Crippen LogP contribution in [0.5, 0.6) is 5.75 Å². The lowest BCUT2D eigenvalue weighted by Gasteiger charge is -2.23. The second-order valence-electron chi connectivity index (χ2n) is 5.71. The van der Waals surface area contributed by atoms with E-state index in [9.17, 15) is 0 Å². The molecule has 5 heteroatoms. The molecule has 0 N–H and O–H groups in total. The number of para-hydroxylation sites is 1. The zero-order valence-electron chi connectivity index (χ0n) is 13.9. The maximum absolute atomic E-state index is 5.75. The molecule has 0 bridgehead atoms. The van der Waals surface area contributed by atoms with E-state index in [1.54, 1.807) is 17.5 Å². The van der Waals surface area contributed by atoms with E-state index < -0.39 is 0 Å². The molecule has 0 amide bonds. The minimum Gasteiger partial charge on any atom is -0.486 e. The summed E-state index contributed by atoms with van der Waals surface area (Å²) in [7, 11) is 2.11. The largest absolute Gasteiger partial charge is 0.486 e. The second kappa shape index (κ2) is 8.04. The molecule has 0 spiro atoms. The van der Waals surface area contributed by atoms with Gasteiger partial charge in [-0.2, -0.15) is 0 Å². The molecule has 1 unspecified atom stereocenters. The molecule has 1 atom stereocenters. The van der Waals surface area contributed by atoms with Gasteiger partial charge in [-0.3, -0.25) is 9.88 Å². The van der Waals surface area contributed by atoms with Gasteiger partial charge in [0.15, 0.2) is 0 Å². The Morgan fingerprint density at radius 3 is 2.75 bits per heavy atom. The Hall–Kier alpha value is -2.24. The summed E-state index contributed by atoms with van der Waals surface area (Å²) in [5.74, 6) is 0.872. The lowest BCUT2D eigenvalue weighted by molar-refractivity contribution is 0.249. The molecular weight excluding hydrogens is 318 g/mol. The normalized spacial score (nSPS) is 12.3. The van der Waals surface area contributed by atoms with Crippen LogP contribution in [0.2, 0.25) is 0 Å². The van der Waals surface area contributed by atoms with Crippen molar-refractivity contribution in [1.82, 2.24) is 14.9 Å². The van der Waals surface area contributed by atoms with Crippen LogP contribution in [0, 0.1) is 0 Å². The lowest BCUT2D eigenvalue weighted by Crippen LogP contribution is -2.22. The number of nitrogens with zero attached hydrogens (tertiary/aromatic N) is 3. The van der Waals surface area contributed by atoms with Gasteiger partial charge in [-0.25, -0.2) is 4.98 Å². The van der Waals surface area contributed by atoms with Gasteiger partial charge >= 0.3 is 0 Å². The molecule has 0 aliphatic carbocycles. The highest BCUT2D eigenvalue weighted by Crippen LogP contribution is 2.21. The van der Waals surface area contributed by atoms with Crippen LogP contribution in [0.1, 0.15) is 29.2 Å². The number of rotatable bonds is 7. The summed E-state index contributed by atoms with van der Waals surface area (Å²) in [6.07, 6.45) is 3.72. The first kappa shape index (κ1) is 16.6. The van der Waals surface area contributed by atoms with Gasteiger partial charge in [0.05, 0.1) is 5.69 Å². The van der Waals surface area contributed by atoms with Gasteiger partial charge in [0, 0.05) is 30.4 Å². The average molecular weight is 339 g/mol. The molecule has 0 saturated carbocycles. The van der Waals surface area contributed by atoms with Crippen molar-refractivity contribution in [3.63, 3.8) is 0 Å². The Morgan fingerprint density at radius 1 is 1.17 bits per heavy atom. The summed E-state index contributed by atoms with van der Waals surface area (Å²) < 4.78 is 5.75. The average Bonchev–Trinajstić information content (AvgIpc) is 3.08. The van der Waals surface area contributed by atoms with Crippen LogP contribution in [-0.4, -0.2) is 21.9 Å². The molecule has 1 aromatic carbocycles. The summed E-state index contributed by atoms with van der Waals surface area (Å²) in [6, 6.07) is 14.2. The number of hydrogen-bond donors (Lipinski definition) is 0. The van der Waals surface area contributed by atoms with Gasteiger partial charge in [-0.15, -0.1) is 11.3 Å². The van der Waals surface area contributed by atoms with Gasteiger partial charge in [-0.1, -0.05) is 24.3 Å². The maximum atomic E-state index is 5.75. The monoisotopic (exact) mass is 339 g/mol. The summed E-state index contributed by atoms with van der Waals surface area (Å²) in [6.45, 7) is 3.50. The van der Waals surface area contributed by atoms with Crippen molar-refractivity contribution in [3.05, 3.63) is 76.5 Å². The van der Waals surface area contributed by atoms with E-state index in [2.05, 4.69) is 40.3 Å². The zero-order chi connectivity index (χ0) is 16.8. The number of hydrogen-bond acceptors (Lipinski definition) is 5. The second-order valence-corrected chi connectivity index (χ2v) is 6.65. The third-order valence-electron chi connectivity index (χ3n) is 3.94. The quantitative estimate of drug-likeness (QED) is 0.643. The summed E-state index contributed by atoms with van der Waals surface area (Å²) in [4.78, 5) is 11.1. The Bertz CT molecular complexity index is 746. The van der Waals surface area contributed by atoms with E-state index in [-0.39, 0.29) is 0 Å². The number of thiazole rings is 1. The van der Waals surface area contributed by atoms with Crippen LogP contribution < -0.4 is 4.74 Å². The van der Waals surface area contributed by atoms with Crippen molar-refractivity contribution in [2.24, 2.45) is 0 Å². The molecule has 2 aromatic heterocycles. The van der Waals surface area contributed by atoms with Gasteiger partial charge < -0.3 is 4.74 Å². The summed E-state index contributed by atoms with van der Waals surface area (Å²) in [5.41, 5.74) is 2.28. The molecular formula is C19H21N3OS. The Morgan fingerprint density at radius 2 is 2.00 bits per heavy atom. The standard InChI is InChI=1S/C19H21N3OS/c1-15(16-7-6-10-20-11-16)22(2)12-17-14-24-19(21-17)13-23-18-8-4-3-5-9-18/h3-11,14-15H,12-13H2,1-2H3. The highest BCUT2D eigenvalue weighted by Gasteiger charge is 2.13. The van der Waals surface area contributed by atoms with Crippen molar-refractivity contribution in [1.29, 1.82) is 0 Å². The van der Waals surface area contributed by atoms with Crippen molar-refractivity contribution in [3.8, 4) is 5.75 Å². The van der Waals surface area contributed by atoms with Gasteiger partial charge in [0.25, 0.3) is 0 Å². The predicted octanol–water partition coefficient (Wildman–Crippen LogP) is 4.31. The van der Waals surface area contributed by atoms with E-state index >= 15 is 0 Å². The van der Waals surface area contributed by atoms with E-state index in [0.29, 0.717) is 12.6 Å². The van der Waals surface area contributed by atoms with E-state index in [1.165, 1.54) is 5.56 Å². The lowest BCUT2D eigenvalue weighted by atomic mass is 10.1. The van der Waals surface area contributed by atoms with Gasteiger partial charge in [0.1, 0.15) is 17.4 Å². The maximum Gasteiger partial charge on any atom is 0.140 e. The van der Waals surface area contributed by atoms with Crippen LogP contribution in [-0.2, 0) is 13.2 Å². The van der Waals surface area contributed by atoms with E-state index in [0.717, 1.165) is 23.0 Å². The van der Waals surface area contributed by atoms with Crippen LogP contribution in [0.4, 0.5) is 0 Å². The number of ether oxygens (including phenoxy) is 1. The molecule has 0 fully saturated rings. The number of benzene rings is 1. The van der Waals surface area contributed by atoms with Crippen molar-refractivity contribution in [2.75, 3.05) is 7.05 Å². The molecule has 2 heterocycles. The zero-order valence-corrected chi connectivity index (χ0v) is 14.7. The molecule has 0 aliphatic heterocycles. The summed E-state index contributed by atoms with van der Waals surface area (Å²) >= 11 is 1.64. The topological polar surface area (TPSA) is 38.2 Å². The number of pyridine rings is 1. The van der Waals surface area contributed by atoms with Crippen molar-refractivity contribution >= 4 is 11.3 Å². The van der Waals surface area contributed by atoms with Crippen LogP contribution in [0.25, 0.3) is 0 Å². The fraction of sp³-hybridized carbons (Fsp3) is 0.263. The molecule has 0 aliphatic rings. The summed E-state index contributed by atoms with van der Waals surface area (Å²) in [5, 5.41) is 3.10. The predicted molar refractivity (Wildman–Crippen MR) is 97.0 cm³/mol. The van der Waals surface area contributed by atoms with Crippen LogP contribution in [0.3, 0.4) is 0 Å². The third kappa shape index (κ3) is 4.40. The first-order valence-corrected chi connectivity index (χ1v) is 8.81. The Kier molecular flexibility index (Phi) is 5.56. The van der Waals surface area contributed by atoms with Crippen molar-refractivity contribution in [2.45, 2.75) is 26.1 Å². The molecule has 24 heavy (non-hydrogen) atoms. The Balaban J connectivity index is 1.55. The minimum absolute atomic E-state index is 0.296. The fourth-order valence-corrected chi connectivity index (χ4v) is 3.12. The fourth-order valence-electron chi connectivity index (χ4n) is 2.42. The molecule has 0 saturated heterocycles. The first-order valence-electron chi connectivity index (χ1n) is 7.93. The Labute approximate surface area is 146 Å². The molecule has 4 nitrogen and oxygen atoms in total. The molecule has 3 aromatic rings. The third-order valence-corrected chi connectivity index (χ3v) is 4.82. The van der Waals surface area contributed by atoms with Crippen LogP contribution >= 0.6 is 11.3 Å². The van der Waals surface area contributed by atoms with E-state index in [1.807, 2.05) is 42.6 Å². The number of aromatic nitrogens is 2. The minimum atomic E-state index is 0.296. The van der Waals surface area contributed by atoms with Gasteiger partial charge in [-0.05, 0) is 37.7 Å². The van der Waals surface area contributed by atoms with Crippen molar-refractivity contribution < 1.29 is 4.74 Å². The van der Waals surface area contributed by atoms with E-state index in [4.69, 9.17) is 4.74 Å². The van der Waals surface area contributed by atoms with Crippen LogP contribution in [0.15, 0.2) is 60.2 Å². The molecule has 3 rings (SSSR count). The first-order chi connectivity index (χ1) is 11.7. The smallest absolute Gasteiger partial charge is 0.140 e.